The fourth-order valence-electron chi connectivity index (χ4n) is 6.84. The molecule has 2 aromatic rings. The van der Waals surface area contributed by atoms with Gasteiger partial charge in [-0.15, -0.1) is 0 Å². The molecule has 6 atom stereocenters. The second kappa shape index (κ2) is 9.92. The number of carbonyl (C=O) groups excluding carboxylic acids is 3. The van der Waals surface area contributed by atoms with E-state index in [1.54, 1.807) is 4.90 Å². The normalized spacial score (nSPS) is 31.0. The Hall–Kier alpha value is -3.49. The quantitative estimate of drug-likeness (QED) is 0.471. The highest BCUT2D eigenvalue weighted by molar-refractivity contribution is 6.06. The summed E-state index contributed by atoms with van der Waals surface area (Å²) in [7, 11) is 0. The second-order valence-corrected chi connectivity index (χ2v) is 11.3. The molecule has 0 saturated carbocycles. The molecule has 4 heterocycles. The van der Waals surface area contributed by atoms with Crippen molar-refractivity contribution in [2.24, 2.45) is 17.8 Å². The minimum Gasteiger partial charge on any atom is -0.465 e. The van der Waals surface area contributed by atoms with Gasteiger partial charge in [-0.05, 0) is 41.7 Å². The van der Waals surface area contributed by atoms with E-state index < -0.39 is 41.6 Å². The molecule has 4 aliphatic heterocycles. The number of aliphatic hydroxyl groups excluding tert-OH is 1. The Labute approximate surface area is 227 Å². The van der Waals surface area contributed by atoms with Gasteiger partial charge in [0.25, 0.3) is 5.91 Å². The van der Waals surface area contributed by atoms with Crippen LogP contribution in [0.15, 0.2) is 66.8 Å². The molecule has 6 rings (SSSR count). The summed E-state index contributed by atoms with van der Waals surface area (Å²) in [4.78, 5) is 45.3. The molecule has 2 fully saturated rings. The Balaban J connectivity index is 1.48. The summed E-state index contributed by atoms with van der Waals surface area (Å²) in [5, 5.41) is 12.5. The number of anilines is 1. The average Bonchev–Trinajstić information content (AvgIpc) is 3.30. The van der Waals surface area contributed by atoms with Crippen LogP contribution in [0.5, 0.6) is 0 Å². The Morgan fingerprint density at radius 2 is 1.85 bits per heavy atom. The maximum Gasteiger partial charge on any atom is 0.312 e. The maximum atomic E-state index is 14.6. The van der Waals surface area contributed by atoms with Crippen LogP contribution in [-0.4, -0.2) is 71.3 Å². The van der Waals surface area contributed by atoms with Crippen LogP contribution in [-0.2, 0) is 23.9 Å². The van der Waals surface area contributed by atoms with E-state index in [0.29, 0.717) is 18.5 Å². The maximum absolute atomic E-state index is 14.6. The summed E-state index contributed by atoms with van der Waals surface area (Å²) < 4.78 is 12.1. The second-order valence-electron chi connectivity index (χ2n) is 11.3. The van der Waals surface area contributed by atoms with E-state index >= 15 is 0 Å². The smallest absolute Gasteiger partial charge is 0.312 e. The molecule has 8 nitrogen and oxygen atoms in total. The molecule has 0 bridgehead atoms. The Morgan fingerprint density at radius 1 is 1.05 bits per heavy atom. The van der Waals surface area contributed by atoms with Crippen molar-refractivity contribution in [1.29, 1.82) is 0 Å². The summed E-state index contributed by atoms with van der Waals surface area (Å²) in [5.41, 5.74) is -0.642. The van der Waals surface area contributed by atoms with Crippen LogP contribution in [0.2, 0.25) is 0 Å². The highest BCUT2D eigenvalue weighted by Gasteiger charge is 2.72. The number of aliphatic hydroxyl groups is 1. The summed E-state index contributed by atoms with van der Waals surface area (Å²) in [6.45, 7) is 4.25. The van der Waals surface area contributed by atoms with Crippen molar-refractivity contribution in [3.05, 3.63) is 66.8 Å². The molecule has 2 amide bonds. The van der Waals surface area contributed by atoms with Gasteiger partial charge in [-0.1, -0.05) is 68.5 Å². The fourth-order valence-corrected chi connectivity index (χ4v) is 6.84. The predicted molar refractivity (Wildman–Crippen MR) is 146 cm³/mol. The summed E-state index contributed by atoms with van der Waals surface area (Å²) in [6.07, 6.45) is 7.79. The van der Waals surface area contributed by atoms with Crippen LogP contribution in [0.25, 0.3) is 10.8 Å². The van der Waals surface area contributed by atoms with Crippen molar-refractivity contribution >= 4 is 34.2 Å². The molecule has 0 radical (unpaired) electrons. The minimum atomic E-state index is -1.35. The Bertz CT molecular complexity index is 1370. The number of amides is 2. The molecule has 2 saturated heterocycles. The number of hydrogen-bond donors (Lipinski definition) is 1. The zero-order chi connectivity index (χ0) is 27.3. The highest BCUT2D eigenvalue weighted by Crippen LogP contribution is 2.54. The first-order chi connectivity index (χ1) is 18.9. The lowest BCUT2D eigenvalue weighted by Gasteiger charge is -2.39. The van der Waals surface area contributed by atoms with E-state index in [0.717, 1.165) is 10.8 Å². The molecular weight excluding hydrogens is 496 g/mol. The van der Waals surface area contributed by atoms with E-state index in [4.69, 9.17) is 9.47 Å². The third-order valence-electron chi connectivity index (χ3n) is 8.45. The van der Waals surface area contributed by atoms with Gasteiger partial charge in [0.05, 0.1) is 31.3 Å². The van der Waals surface area contributed by atoms with Gasteiger partial charge in [-0.2, -0.15) is 0 Å². The number of rotatable bonds is 5. The number of ether oxygens (including phenoxy) is 2. The van der Waals surface area contributed by atoms with E-state index in [9.17, 15) is 19.5 Å². The van der Waals surface area contributed by atoms with Crippen molar-refractivity contribution in [3.63, 3.8) is 0 Å². The fraction of sp³-hybridized carbons (Fsp3) is 0.452. The van der Waals surface area contributed by atoms with Crippen molar-refractivity contribution < 1.29 is 29.0 Å². The molecule has 1 unspecified atom stereocenters. The number of carbonyl (C=O) groups is 3. The topological polar surface area (TPSA) is 96.4 Å². The van der Waals surface area contributed by atoms with Gasteiger partial charge in [0.2, 0.25) is 5.91 Å². The van der Waals surface area contributed by atoms with Crippen molar-refractivity contribution in [2.75, 3.05) is 24.7 Å². The molecule has 1 N–H and O–H groups in total. The first-order valence-electron chi connectivity index (χ1n) is 13.8. The van der Waals surface area contributed by atoms with Crippen LogP contribution in [0.3, 0.4) is 0 Å². The van der Waals surface area contributed by atoms with Crippen molar-refractivity contribution in [2.45, 2.75) is 50.5 Å². The molecule has 204 valence electrons. The molecule has 0 aromatic heterocycles. The van der Waals surface area contributed by atoms with E-state index in [-0.39, 0.29) is 37.5 Å². The minimum absolute atomic E-state index is 0.169. The molecule has 8 heteroatoms. The first-order valence-corrected chi connectivity index (χ1v) is 13.8. The first kappa shape index (κ1) is 25.8. The van der Waals surface area contributed by atoms with Crippen LogP contribution < -0.4 is 4.90 Å². The van der Waals surface area contributed by atoms with E-state index in [1.165, 1.54) is 4.90 Å². The van der Waals surface area contributed by atoms with Crippen LogP contribution in [0.4, 0.5) is 5.69 Å². The lowest BCUT2D eigenvalue weighted by Crippen LogP contribution is -2.58. The number of likely N-dealkylation sites (tertiary alicyclic amines) is 1. The van der Waals surface area contributed by atoms with Gasteiger partial charge in [-0.25, -0.2) is 0 Å². The van der Waals surface area contributed by atoms with Gasteiger partial charge in [0.15, 0.2) is 0 Å². The summed E-state index contributed by atoms with van der Waals surface area (Å²) in [6, 6.07) is 12.2. The SMILES string of the molecule is CC(C)C[C@H](CO)N1C(=O)[C@@H]2[C@@H]3C(=O)OCCC=C[C@@H]3O[C@@]23C=CCN(c2ccc4ccccc4c2)C(=O)C13. The van der Waals surface area contributed by atoms with Crippen LogP contribution in [0, 0.1) is 17.8 Å². The third-order valence-corrected chi connectivity index (χ3v) is 8.45. The van der Waals surface area contributed by atoms with Gasteiger partial charge in [0.1, 0.15) is 17.6 Å². The van der Waals surface area contributed by atoms with Crippen LogP contribution in [0.1, 0.15) is 26.7 Å². The standard InChI is InChI=1S/C31H34N2O6/c1-19(2)16-23(18-34)33-27-29(36)32(22-12-11-20-8-3-4-9-21(20)17-22)14-7-13-31(27)26(28(33)35)25-24(39-31)10-5-6-15-38-30(25)37/h3-5,7-13,17,19,23-27,34H,6,14-16,18H2,1-2H3/t23-,24+,25-,26+,27?,31+/m1/s1. The van der Waals surface area contributed by atoms with Crippen LogP contribution >= 0.6 is 0 Å². The van der Waals surface area contributed by atoms with Crippen molar-refractivity contribution in [1.82, 2.24) is 4.90 Å². The third kappa shape index (κ3) is 4.08. The summed E-state index contributed by atoms with van der Waals surface area (Å²) >= 11 is 0. The summed E-state index contributed by atoms with van der Waals surface area (Å²) in [5.74, 6) is -2.76. The number of esters is 1. The Kier molecular flexibility index (Phi) is 6.55. The van der Waals surface area contributed by atoms with Gasteiger partial charge < -0.3 is 24.4 Å². The van der Waals surface area contributed by atoms with E-state index in [1.807, 2.05) is 80.6 Å². The zero-order valence-electron chi connectivity index (χ0n) is 22.2. The number of benzene rings is 2. The molecular formula is C31H34N2O6. The molecule has 0 aliphatic carbocycles. The molecule has 2 aromatic carbocycles. The van der Waals surface area contributed by atoms with Gasteiger partial charge in [-0.3, -0.25) is 14.4 Å². The van der Waals surface area contributed by atoms with Gasteiger partial charge >= 0.3 is 5.97 Å². The lowest BCUT2D eigenvalue weighted by atomic mass is 9.77. The van der Waals surface area contributed by atoms with Crippen molar-refractivity contribution in [3.8, 4) is 0 Å². The Morgan fingerprint density at radius 3 is 2.62 bits per heavy atom. The number of fused-ring (bicyclic) bond motifs is 3. The number of nitrogens with zero attached hydrogens (tertiary/aromatic N) is 2. The number of hydrogen-bond acceptors (Lipinski definition) is 6. The van der Waals surface area contributed by atoms with E-state index in [2.05, 4.69) is 0 Å². The lowest BCUT2D eigenvalue weighted by molar-refractivity contribution is -0.155. The molecule has 39 heavy (non-hydrogen) atoms. The monoisotopic (exact) mass is 530 g/mol. The average molecular weight is 531 g/mol. The molecule has 1 spiro atoms. The van der Waals surface area contributed by atoms with Gasteiger partial charge in [0, 0.05) is 12.2 Å². The largest absolute Gasteiger partial charge is 0.465 e. The highest BCUT2D eigenvalue weighted by atomic mass is 16.6. The zero-order valence-corrected chi connectivity index (χ0v) is 22.2. The predicted octanol–water partition coefficient (Wildman–Crippen LogP) is 3.23. The number of cyclic esters (lactones) is 1. The molecule has 4 aliphatic rings.